The van der Waals surface area contributed by atoms with Crippen LogP contribution in [0.4, 0.5) is 0 Å². The van der Waals surface area contributed by atoms with Crippen LogP contribution < -0.4 is 14.7 Å². The van der Waals surface area contributed by atoms with Gasteiger partial charge in [-0.1, -0.05) is 13.8 Å². The van der Waals surface area contributed by atoms with E-state index in [1.54, 1.807) is 6.92 Å². The van der Waals surface area contributed by atoms with Crippen LogP contribution in [-0.2, 0) is 4.79 Å². The average molecular weight is 325 g/mol. The summed E-state index contributed by atoms with van der Waals surface area (Å²) in [6.45, 7) is 3.49. The molecule has 0 spiro atoms. The lowest BCUT2D eigenvalue weighted by Gasteiger charge is -2.12. The fourth-order valence-corrected chi connectivity index (χ4v) is 1.33. The van der Waals surface area contributed by atoms with Crippen LogP contribution in [0.25, 0.3) is 0 Å². The van der Waals surface area contributed by atoms with Crippen LogP contribution in [0, 0.1) is 5.92 Å². The Balaban J connectivity index is 0.00000108. The van der Waals surface area contributed by atoms with Crippen molar-refractivity contribution in [2.24, 2.45) is 5.92 Å². The van der Waals surface area contributed by atoms with Gasteiger partial charge in [0, 0.05) is 5.56 Å². The summed E-state index contributed by atoms with van der Waals surface area (Å²) in [5, 5.41) is 19.7. The minimum absolute atomic E-state index is 0.0190. The normalized spacial score (nSPS) is 11.2. The molecule has 0 bridgehead atoms. The molecule has 1 unspecified atom stereocenters. The van der Waals surface area contributed by atoms with Crippen molar-refractivity contribution in [1.29, 1.82) is 0 Å². The van der Waals surface area contributed by atoms with Crippen LogP contribution in [0.5, 0.6) is 5.75 Å². The largest absolute Gasteiger partial charge is 0.545 e. The molecule has 0 aliphatic carbocycles. The number of hydrogen-bond acceptors (Lipinski definition) is 5. The maximum atomic E-state index is 11.5. The van der Waals surface area contributed by atoms with Crippen molar-refractivity contribution in [3.63, 3.8) is 0 Å². The molecule has 0 aromatic heterocycles. The molecule has 7 heteroatoms. The lowest BCUT2D eigenvalue weighted by atomic mass is 10.1. The van der Waals surface area contributed by atoms with Gasteiger partial charge in [0.2, 0.25) is 0 Å². The predicted octanol–water partition coefficient (Wildman–Crippen LogP) is -0.539. The predicted molar refractivity (Wildman–Crippen MR) is 81.6 cm³/mol. The van der Waals surface area contributed by atoms with E-state index in [-0.39, 0.29) is 11.7 Å². The van der Waals surface area contributed by atoms with Crippen molar-refractivity contribution >= 4 is 17.9 Å². The van der Waals surface area contributed by atoms with Crippen LogP contribution in [0.1, 0.15) is 41.0 Å². The first-order valence-electron chi connectivity index (χ1n) is 7.17. The fraction of sp³-hybridized carbons (Fsp3) is 0.438. The molecule has 128 valence electrons. The molecule has 1 rings (SSSR count). The Morgan fingerprint density at radius 2 is 1.74 bits per heavy atom. The van der Waals surface area contributed by atoms with E-state index in [9.17, 15) is 19.5 Å². The summed E-state index contributed by atoms with van der Waals surface area (Å²) >= 11 is 0. The minimum atomic E-state index is -1.64. The summed E-state index contributed by atoms with van der Waals surface area (Å²) in [5.41, 5.74) is -0.940. The second-order valence-electron chi connectivity index (χ2n) is 5.53. The molecule has 0 heterocycles. The Morgan fingerprint density at radius 1 is 1.22 bits per heavy atom. The van der Waals surface area contributed by atoms with E-state index < -0.39 is 29.0 Å². The number of rotatable bonds is 5. The molecule has 0 fully saturated rings. The Labute approximate surface area is 135 Å². The second-order valence-corrected chi connectivity index (χ2v) is 5.53. The van der Waals surface area contributed by atoms with Gasteiger partial charge in [0.1, 0.15) is 5.75 Å². The SMILES string of the molecule is CCC(C)C(=O)Oc1ccc(C(=O)O)c(C(=O)[O-])c1.C[NH+](C)C. The molecule has 0 radical (unpaired) electrons. The number of quaternary nitrogens is 1. The van der Waals surface area contributed by atoms with E-state index in [2.05, 4.69) is 21.1 Å². The van der Waals surface area contributed by atoms with E-state index >= 15 is 0 Å². The molecule has 0 aliphatic rings. The van der Waals surface area contributed by atoms with Gasteiger partial charge in [-0.15, -0.1) is 0 Å². The molecule has 23 heavy (non-hydrogen) atoms. The quantitative estimate of drug-likeness (QED) is 0.556. The number of hydrogen-bond donors (Lipinski definition) is 2. The Bertz CT molecular complexity index is 565. The molecule has 1 aromatic carbocycles. The first-order chi connectivity index (χ1) is 10.6. The van der Waals surface area contributed by atoms with Gasteiger partial charge >= 0.3 is 11.9 Å². The molecule has 1 atom stereocenters. The number of carbonyl (C=O) groups is 3. The van der Waals surface area contributed by atoms with E-state index in [0.717, 1.165) is 12.1 Å². The molecular formula is C16H23NO6. The highest BCUT2D eigenvalue weighted by atomic mass is 16.5. The molecule has 1 aromatic rings. The molecule has 0 amide bonds. The van der Waals surface area contributed by atoms with Gasteiger partial charge in [-0.25, -0.2) is 4.79 Å². The molecule has 7 nitrogen and oxygen atoms in total. The Kier molecular flexibility index (Phi) is 8.57. The number of aromatic carboxylic acids is 2. The van der Waals surface area contributed by atoms with Crippen molar-refractivity contribution in [3.05, 3.63) is 29.3 Å². The van der Waals surface area contributed by atoms with Crippen molar-refractivity contribution < 1.29 is 34.2 Å². The topological polar surface area (TPSA) is 108 Å². The molecule has 0 saturated carbocycles. The zero-order valence-electron chi connectivity index (χ0n) is 14.0. The van der Waals surface area contributed by atoms with E-state index in [0.29, 0.717) is 6.42 Å². The van der Waals surface area contributed by atoms with Crippen LogP contribution in [0.3, 0.4) is 0 Å². The number of carboxylic acid groups (broad SMARTS) is 2. The second kappa shape index (κ2) is 9.58. The van der Waals surface area contributed by atoms with Crippen LogP contribution in [-0.4, -0.2) is 44.2 Å². The van der Waals surface area contributed by atoms with Crippen LogP contribution in [0.15, 0.2) is 18.2 Å². The van der Waals surface area contributed by atoms with Crippen molar-refractivity contribution in [2.75, 3.05) is 21.1 Å². The maximum Gasteiger partial charge on any atom is 0.336 e. The van der Waals surface area contributed by atoms with Gasteiger partial charge in [0.15, 0.2) is 0 Å². The molecule has 0 aliphatic heterocycles. The monoisotopic (exact) mass is 325 g/mol. The summed E-state index contributed by atoms with van der Waals surface area (Å²) < 4.78 is 4.97. The first-order valence-corrected chi connectivity index (χ1v) is 7.17. The summed E-state index contributed by atoms with van der Waals surface area (Å²) in [7, 11) is 6.25. The van der Waals surface area contributed by atoms with Gasteiger partial charge in [0.25, 0.3) is 0 Å². The minimum Gasteiger partial charge on any atom is -0.545 e. The number of benzene rings is 1. The third kappa shape index (κ3) is 7.42. The summed E-state index contributed by atoms with van der Waals surface area (Å²) in [5.74, 6) is -3.88. The number of nitrogens with one attached hydrogen (secondary N) is 1. The van der Waals surface area contributed by atoms with Gasteiger partial charge in [-0.05, 0) is 24.6 Å². The number of carboxylic acids is 2. The Hall–Kier alpha value is -2.41. The van der Waals surface area contributed by atoms with E-state index in [1.165, 1.54) is 11.0 Å². The van der Waals surface area contributed by atoms with Gasteiger partial charge in [-0.3, -0.25) is 4.79 Å². The summed E-state index contributed by atoms with van der Waals surface area (Å²) in [6.07, 6.45) is 0.583. The van der Waals surface area contributed by atoms with Gasteiger partial charge in [0.05, 0.1) is 38.6 Å². The lowest BCUT2D eigenvalue weighted by Crippen LogP contribution is -3.02. The van der Waals surface area contributed by atoms with Gasteiger partial charge in [-0.2, -0.15) is 0 Å². The summed E-state index contributed by atoms with van der Waals surface area (Å²) in [4.78, 5) is 34.6. The maximum absolute atomic E-state index is 11.5. The van der Waals surface area contributed by atoms with Crippen molar-refractivity contribution in [3.8, 4) is 5.75 Å². The third-order valence-corrected chi connectivity index (χ3v) is 2.67. The Morgan fingerprint density at radius 3 is 2.13 bits per heavy atom. The summed E-state index contributed by atoms with van der Waals surface area (Å²) in [6, 6.07) is 3.27. The average Bonchev–Trinajstić information content (AvgIpc) is 2.45. The fourth-order valence-electron chi connectivity index (χ4n) is 1.33. The zero-order chi connectivity index (χ0) is 18.2. The van der Waals surface area contributed by atoms with E-state index in [4.69, 9.17) is 9.84 Å². The standard InChI is InChI=1S/C13H14O6.C3H9N/c1-3-7(2)13(18)19-8-4-5-9(11(14)15)10(6-8)12(16)17;1-4(2)3/h4-7H,3H2,1-2H3,(H,14,15)(H,16,17);1-3H3. The highest BCUT2D eigenvalue weighted by Gasteiger charge is 2.16. The van der Waals surface area contributed by atoms with E-state index in [1.807, 2.05) is 6.92 Å². The zero-order valence-corrected chi connectivity index (χ0v) is 14.0. The van der Waals surface area contributed by atoms with Crippen LogP contribution >= 0.6 is 0 Å². The first kappa shape index (κ1) is 20.6. The lowest BCUT2D eigenvalue weighted by molar-refractivity contribution is -0.836. The number of ether oxygens (including phenoxy) is 1. The molecular weight excluding hydrogens is 302 g/mol. The highest BCUT2D eigenvalue weighted by molar-refractivity contribution is 6.01. The van der Waals surface area contributed by atoms with Gasteiger partial charge < -0.3 is 24.6 Å². The highest BCUT2D eigenvalue weighted by Crippen LogP contribution is 2.19. The van der Waals surface area contributed by atoms with Crippen molar-refractivity contribution in [2.45, 2.75) is 20.3 Å². The van der Waals surface area contributed by atoms with Crippen molar-refractivity contribution in [1.82, 2.24) is 0 Å². The third-order valence-electron chi connectivity index (χ3n) is 2.67. The molecule has 0 saturated heterocycles. The smallest absolute Gasteiger partial charge is 0.336 e. The number of esters is 1. The van der Waals surface area contributed by atoms with Crippen LogP contribution in [0.2, 0.25) is 0 Å². The molecule has 2 N–H and O–H groups in total. The number of carbonyl (C=O) groups excluding carboxylic acids is 2.